The van der Waals surface area contributed by atoms with Crippen LogP contribution < -0.4 is 0 Å². The molecule has 0 fully saturated rings. The third-order valence-corrected chi connectivity index (χ3v) is 3.95. The Morgan fingerprint density at radius 2 is 1.92 bits per heavy atom. The van der Waals surface area contributed by atoms with Gasteiger partial charge >= 0.3 is 5.97 Å². The van der Waals surface area contributed by atoms with Gasteiger partial charge in [0.1, 0.15) is 5.25 Å². The van der Waals surface area contributed by atoms with Crippen LogP contribution in [0.4, 0.5) is 0 Å². The maximum atomic E-state index is 11.6. The molecule has 3 nitrogen and oxygen atoms in total. The molecule has 0 spiro atoms. The number of ether oxygens (including phenoxy) is 1. The molecule has 0 bridgehead atoms. The minimum atomic E-state index is -1.12. The van der Waals surface area contributed by atoms with Crippen LogP contribution in [0.1, 0.15) is 34.1 Å². The van der Waals surface area contributed by atoms with Crippen LogP contribution in [-0.2, 0) is 20.3 Å². The molecule has 0 aliphatic carbocycles. The molecule has 4 heteroatoms. The predicted molar refractivity (Wildman–Crippen MR) is 54.0 cm³/mol. The normalized spacial score (nSPS) is 17.5. The molecule has 0 radical (unpaired) electrons. The van der Waals surface area contributed by atoms with Crippen molar-refractivity contribution in [3.8, 4) is 0 Å². The van der Waals surface area contributed by atoms with Crippen LogP contribution in [0.3, 0.4) is 0 Å². The van der Waals surface area contributed by atoms with Crippen molar-refractivity contribution in [2.45, 2.75) is 44.6 Å². The molecule has 0 aromatic rings. The first-order valence-corrected chi connectivity index (χ1v) is 5.88. The van der Waals surface area contributed by atoms with Gasteiger partial charge in [0.05, 0.1) is 6.61 Å². The third-order valence-electron chi connectivity index (χ3n) is 1.94. The van der Waals surface area contributed by atoms with E-state index in [1.807, 2.05) is 13.8 Å². The van der Waals surface area contributed by atoms with Gasteiger partial charge < -0.3 is 4.74 Å². The smallest absolute Gasteiger partial charge is 0.321 e. The highest BCUT2D eigenvalue weighted by atomic mass is 32.2. The summed E-state index contributed by atoms with van der Waals surface area (Å²) in [5, 5.41) is -0.450. The highest BCUT2D eigenvalue weighted by Gasteiger charge is 2.24. The average Bonchev–Trinajstić information content (AvgIpc) is 2.14. The minimum Gasteiger partial charge on any atom is -0.465 e. The van der Waals surface area contributed by atoms with Gasteiger partial charge in [-0.3, -0.25) is 9.00 Å². The lowest BCUT2D eigenvalue weighted by molar-refractivity contribution is -0.142. The minimum absolute atomic E-state index is 0.0550. The molecule has 0 amide bonds. The lowest BCUT2D eigenvalue weighted by Gasteiger charge is -2.14. The van der Waals surface area contributed by atoms with Crippen LogP contribution in [0.15, 0.2) is 0 Å². The van der Waals surface area contributed by atoms with Gasteiger partial charge in [0, 0.05) is 16.0 Å². The molecule has 0 aliphatic rings. The monoisotopic (exact) mass is 206 g/mol. The molecule has 0 rings (SSSR count). The number of hydrogen-bond acceptors (Lipinski definition) is 3. The number of carbonyl (C=O) groups excluding carboxylic acids is 1. The van der Waals surface area contributed by atoms with Crippen molar-refractivity contribution >= 4 is 16.8 Å². The van der Waals surface area contributed by atoms with Crippen molar-refractivity contribution in [1.29, 1.82) is 0 Å². The van der Waals surface area contributed by atoms with E-state index in [-0.39, 0.29) is 11.2 Å². The quantitative estimate of drug-likeness (QED) is 0.640. The molecule has 13 heavy (non-hydrogen) atoms. The van der Waals surface area contributed by atoms with Gasteiger partial charge in [-0.25, -0.2) is 0 Å². The van der Waals surface area contributed by atoms with Gasteiger partial charge in [-0.1, -0.05) is 13.8 Å². The lowest BCUT2D eigenvalue weighted by atomic mass is 10.4. The van der Waals surface area contributed by atoms with E-state index in [1.165, 1.54) is 0 Å². The molecule has 3 atom stereocenters. The van der Waals surface area contributed by atoms with Crippen molar-refractivity contribution in [1.82, 2.24) is 0 Å². The summed E-state index contributed by atoms with van der Waals surface area (Å²) < 4.78 is 16.4. The highest BCUT2D eigenvalue weighted by Crippen LogP contribution is 2.08. The number of hydrogen-bond donors (Lipinski definition) is 0. The zero-order chi connectivity index (χ0) is 10.4. The van der Waals surface area contributed by atoms with Crippen LogP contribution in [-0.4, -0.2) is 27.3 Å². The maximum Gasteiger partial charge on any atom is 0.321 e. The first kappa shape index (κ1) is 12.6. The molecule has 3 unspecified atom stereocenters. The summed E-state index contributed by atoms with van der Waals surface area (Å²) in [6.07, 6.45) is 0.816. The van der Waals surface area contributed by atoms with Gasteiger partial charge in [0.15, 0.2) is 0 Å². The second-order valence-electron chi connectivity index (χ2n) is 2.94. The van der Waals surface area contributed by atoms with Gasteiger partial charge in [0.2, 0.25) is 0 Å². The first-order chi connectivity index (χ1) is 6.04. The summed E-state index contributed by atoms with van der Waals surface area (Å²) in [5.74, 6) is -0.360. The zero-order valence-electron chi connectivity index (χ0n) is 8.70. The summed E-state index contributed by atoms with van der Waals surface area (Å²) in [5.41, 5.74) is 0. The fourth-order valence-electron chi connectivity index (χ4n) is 0.867. The maximum absolute atomic E-state index is 11.6. The lowest BCUT2D eigenvalue weighted by Crippen LogP contribution is -2.30. The summed E-state index contributed by atoms with van der Waals surface area (Å²) in [6, 6.07) is 0. The van der Waals surface area contributed by atoms with Crippen LogP contribution >= 0.6 is 0 Å². The van der Waals surface area contributed by atoms with E-state index < -0.39 is 16.0 Å². The second kappa shape index (κ2) is 6.13. The van der Waals surface area contributed by atoms with Crippen molar-refractivity contribution < 1.29 is 13.7 Å². The molecule has 0 aromatic carbocycles. The molecule has 0 N–H and O–H groups in total. The van der Waals surface area contributed by atoms with E-state index in [4.69, 9.17) is 4.74 Å². The fraction of sp³-hybridized carbons (Fsp3) is 0.889. The summed E-state index contributed by atoms with van der Waals surface area (Å²) in [7, 11) is -1.12. The molecule has 78 valence electrons. The SMILES string of the molecule is CCOC(=O)C(C)S(=O)C(C)CC. The number of rotatable bonds is 5. The van der Waals surface area contributed by atoms with E-state index in [9.17, 15) is 9.00 Å². The Morgan fingerprint density at radius 1 is 1.38 bits per heavy atom. The Hall–Kier alpha value is -0.380. The summed E-state index contributed by atoms with van der Waals surface area (Å²) >= 11 is 0. The van der Waals surface area contributed by atoms with Crippen molar-refractivity contribution in [3.63, 3.8) is 0 Å². The molecule has 0 aliphatic heterocycles. The molecular weight excluding hydrogens is 188 g/mol. The van der Waals surface area contributed by atoms with Gasteiger partial charge in [-0.15, -0.1) is 0 Å². The molecule has 0 saturated heterocycles. The molecular formula is C9H18O3S. The number of esters is 1. The Kier molecular flexibility index (Phi) is 5.95. The van der Waals surface area contributed by atoms with Crippen LogP contribution in [0.5, 0.6) is 0 Å². The largest absolute Gasteiger partial charge is 0.465 e. The molecule has 0 aromatic heterocycles. The Bertz CT molecular complexity index is 191. The zero-order valence-corrected chi connectivity index (χ0v) is 9.52. The molecule has 0 heterocycles. The van der Waals surface area contributed by atoms with Crippen LogP contribution in [0, 0.1) is 0 Å². The fourth-order valence-corrected chi connectivity index (χ4v) is 2.15. The van der Waals surface area contributed by atoms with Gasteiger partial charge in [0.25, 0.3) is 0 Å². The van der Waals surface area contributed by atoms with Crippen LogP contribution in [0.25, 0.3) is 0 Å². The predicted octanol–water partition coefficient (Wildman–Crippen LogP) is 1.49. The van der Waals surface area contributed by atoms with Gasteiger partial charge in [-0.2, -0.15) is 0 Å². The van der Waals surface area contributed by atoms with E-state index in [2.05, 4.69) is 0 Å². The van der Waals surface area contributed by atoms with Gasteiger partial charge in [-0.05, 0) is 20.3 Å². The van der Waals surface area contributed by atoms with Crippen molar-refractivity contribution in [2.24, 2.45) is 0 Å². The topological polar surface area (TPSA) is 43.4 Å². The van der Waals surface area contributed by atoms with Crippen molar-refractivity contribution in [3.05, 3.63) is 0 Å². The van der Waals surface area contributed by atoms with E-state index in [0.717, 1.165) is 6.42 Å². The molecule has 0 saturated carbocycles. The summed E-state index contributed by atoms with van der Waals surface area (Å²) in [6.45, 7) is 7.59. The highest BCUT2D eigenvalue weighted by molar-refractivity contribution is 7.87. The third kappa shape index (κ3) is 3.89. The van der Waals surface area contributed by atoms with E-state index >= 15 is 0 Å². The second-order valence-corrected chi connectivity index (χ2v) is 5.11. The summed E-state index contributed by atoms with van der Waals surface area (Å²) in [4.78, 5) is 11.2. The van der Waals surface area contributed by atoms with Crippen molar-refractivity contribution in [2.75, 3.05) is 6.61 Å². The first-order valence-electron chi connectivity index (χ1n) is 4.60. The number of carbonyl (C=O) groups is 1. The van der Waals surface area contributed by atoms with E-state index in [0.29, 0.717) is 6.61 Å². The van der Waals surface area contributed by atoms with E-state index in [1.54, 1.807) is 13.8 Å². The Labute approximate surface area is 82.3 Å². The average molecular weight is 206 g/mol. The van der Waals surface area contributed by atoms with Crippen LogP contribution in [0.2, 0.25) is 0 Å². The Morgan fingerprint density at radius 3 is 2.31 bits per heavy atom. The Balaban J connectivity index is 4.16. The standard InChI is InChI=1S/C9H18O3S/c1-5-7(3)13(11)8(4)9(10)12-6-2/h7-8H,5-6H2,1-4H3.